The molecule has 0 bridgehead atoms. The predicted molar refractivity (Wildman–Crippen MR) is 108 cm³/mol. The van der Waals surface area contributed by atoms with Gasteiger partial charge in [0.25, 0.3) is 0 Å². The van der Waals surface area contributed by atoms with Crippen LogP contribution in [0.2, 0.25) is 0 Å². The van der Waals surface area contributed by atoms with Crippen LogP contribution in [0.25, 0.3) is 0 Å². The van der Waals surface area contributed by atoms with Crippen molar-refractivity contribution in [3.05, 3.63) is 0 Å². The van der Waals surface area contributed by atoms with E-state index in [0.29, 0.717) is 6.42 Å². The Balaban J connectivity index is 5.58. The third-order valence-electron chi connectivity index (χ3n) is 3.59. The number of hydrogen-bond acceptors (Lipinski definition) is 7. The summed E-state index contributed by atoms with van der Waals surface area (Å²) in [4.78, 5) is 37.3. The van der Waals surface area contributed by atoms with Crippen LogP contribution in [0.15, 0.2) is 0 Å². The summed E-state index contributed by atoms with van der Waals surface area (Å²) in [6, 6.07) is 0. The average Bonchev–Trinajstić information content (AvgIpc) is 2.38. The molecule has 0 radical (unpaired) electrons. The van der Waals surface area contributed by atoms with E-state index in [4.69, 9.17) is 14.2 Å². The smallest absolute Gasteiger partial charge is 0.321 e. The maximum absolute atomic E-state index is 12.7. The zero-order valence-corrected chi connectivity index (χ0v) is 19.3. The molecule has 158 valence electrons. The lowest BCUT2D eigenvalue weighted by atomic mass is 9.76. The van der Waals surface area contributed by atoms with E-state index < -0.39 is 45.2 Å². The highest BCUT2D eigenvalue weighted by Crippen LogP contribution is 2.39. The largest absolute Gasteiger partial charge is 0.468 e. The van der Waals surface area contributed by atoms with Gasteiger partial charge < -0.3 is 14.2 Å². The van der Waals surface area contributed by atoms with Crippen molar-refractivity contribution in [3.63, 3.8) is 0 Å². The molecule has 0 aliphatic rings. The second kappa shape index (κ2) is 8.84. The molecule has 0 rings (SSSR count). The Morgan fingerprint density at radius 2 is 1.19 bits per heavy atom. The second-order valence-electron chi connectivity index (χ2n) is 9.93. The van der Waals surface area contributed by atoms with Gasteiger partial charge in [0.2, 0.25) is 0 Å². The molecule has 1 unspecified atom stereocenters. The number of esters is 3. The summed E-state index contributed by atoms with van der Waals surface area (Å²) in [6.45, 7) is 15.8. The van der Waals surface area contributed by atoms with E-state index in [1.807, 2.05) is 13.8 Å². The van der Waals surface area contributed by atoms with Crippen LogP contribution in [0, 0.1) is 11.3 Å². The number of rotatable bonds is 7. The van der Waals surface area contributed by atoms with Gasteiger partial charge >= 0.3 is 17.9 Å². The average molecular weight is 405 g/mol. The summed E-state index contributed by atoms with van der Waals surface area (Å²) < 4.78 is 14.6. The fourth-order valence-corrected chi connectivity index (χ4v) is 3.38. The Hall–Kier alpha value is -1.24. The van der Waals surface area contributed by atoms with Crippen LogP contribution in [-0.2, 0) is 28.6 Å². The third kappa shape index (κ3) is 10.0. The van der Waals surface area contributed by atoms with Crippen LogP contribution >= 0.6 is 12.6 Å². The van der Waals surface area contributed by atoms with Gasteiger partial charge in [0.15, 0.2) is 5.92 Å². The zero-order valence-electron chi connectivity index (χ0n) is 18.4. The number of carbonyl (C=O) groups excluding carboxylic acids is 3. The summed E-state index contributed by atoms with van der Waals surface area (Å²) in [5, 5.41) is 0. The Kier molecular flexibility index (Phi) is 8.44. The third-order valence-corrected chi connectivity index (χ3v) is 3.93. The molecule has 6 nitrogen and oxygen atoms in total. The summed E-state index contributed by atoms with van der Waals surface area (Å²) in [7, 11) is 1.30. The Morgan fingerprint density at radius 1 is 0.815 bits per heavy atom. The molecule has 0 fully saturated rings. The van der Waals surface area contributed by atoms with E-state index in [1.165, 1.54) is 7.11 Å². The van der Waals surface area contributed by atoms with E-state index in [2.05, 4.69) is 12.6 Å². The molecule has 1 atom stereocenters. The van der Waals surface area contributed by atoms with Crippen LogP contribution < -0.4 is 0 Å². The molecule has 0 heterocycles. The van der Waals surface area contributed by atoms with Gasteiger partial charge in [-0.2, -0.15) is 12.6 Å². The molecule has 0 amide bonds. The minimum Gasteiger partial charge on any atom is -0.468 e. The van der Waals surface area contributed by atoms with Gasteiger partial charge in [-0.3, -0.25) is 14.4 Å². The Morgan fingerprint density at radius 3 is 1.48 bits per heavy atom. The highest BCUT2D eigenvalue weighted by molar-refractivity contribution is 7.82. The van der Waals surface area contributed by atoms with Gasteiger partial charge in [0.05, 0.1) is 7.11 Å². The molecule has 0 spiro atoms. The molecule has 0 saturated heterocycles. The minimum atomic E-state index is -1.10. The topological polar surface area (TPSA) is 78.9 Å². The van der Waals surface area contributed by atoms with Crippen molar-refractivity contribution >= 4 is 30.5 Å². The minimum absolute atomic E-state index is 0.157. The number of carbonyl (C=O) groups is 3. The van der Waals surface area contributed by atoms with E-state index in [9.17, 15) is 14.4 Å². The quantitative estimate of drug-likeness (QED) is 0.299. The van der Waals surface area contributed by atoms with Crippen molar-refractivity contribution in [2.75, 3.05) is 7.11 Å². The van der Waals surface area contributed by atoms with Gasteiger partial charge in [0, 0.05) is 0 Å². The standard InChI is InChI=1S/C20H36O6S/c1-17(2,3)25-14(21)13(15(22)26-18(4,5)6)11-19(7,8)12-20(9,27)16(23)24-10/h13,27H,11-12H2,1-10H3. The van der Waals surface area contributed by atoms with Crippen molar-refractivity contribution in [3.8, 4) is 0 Å². The molecular formula is C20H36O6S. The van der Waals surface area contributed by atoms with E-state index >= 15 is 0 Å². The fraction of sp³-hybridized carbons (Fsp3) is 0.850. The highest BCUT2D eigenvalue weighted by atomic mass is 32.1. The Bertz CT molecular complexity index is 524. The molecule has 27 heavy (non-hydrogen) atoms. The maximum Gasteiger partial charge on any atom is 0.321 e. The lowest BCUT2D eigenvalue weighted by molar-refractivity contribution is -0.176. The fourth-order valence-electron chi connectivity index (χ4n) is 2.86. The van der Waals surface area contributed by atoms with Gasteiger partial charge in [-0.25, -0.2) is 0 Å². The van der Waals surface area contributed by atoms with Gasteiger partial charge in [0.1, 0.15) is 15.9 Å². The summed E-state index contributed by atoms with van der Waals surface area (Å²) >= 11 is 4.41. The van der Waals surface area contributed by atoms with Gasteiger partial charge in [-0.15, -0.1) is 0 Å². The van der Waals surface area contributed by atoms with Crippen LogP contribution in [0.3, 0.4) is 0 Å². The molecule has 0 aliphatic carbocycles. The van der Waals surface area contributed by atoms with Gasteiger partial charge in [-0.1, -0.05) is 13.8 Å². The molecule has 0 N–H and O–H groups in total. The molecule has 0 saturated carbocycles. The van der Waals surface area contributed by atoms with E-state index in [0.717, 1.165) is 0 Å². The lowest BCUT2D eigenvalue weighted by Crippen LogP contribution is -2.41. The van der Waals surface area contributed by atoms with Crippen LogP contribution in [0.1, 0.15) is 75.2 Å². The number of thiol groups is 1. The van der Waals surface area contributed by atoms with Crippen LogP contribution in [0.5, 0.6) is 0 Å². The first-order valence-corrected chi connectivity index (χ1v) is 9.51. The molecular weight excluding hydrogens is 368 g/mol. The maximum atomic E-state index is 12.7. The zero-order chi connectivity index (χ0) is 21.8. The normalized spacial score (nSPS) is 15.1. The Labute approximate surface area is 169 Å². The van der Waals surface area contributed by atoms with Crippen molar-refractivity contribution < 1.29 is 28.6 Å². The van der Waals surface area contributed by atoms with E-state index in [-0.39, 0.29) is 6.42 Å². The van der Waals surface area contributed by atoms with E-state index in [1.54, 1.807) is 48.5 Å². The SMILES string of the molecule is COC(=O)C(C)(S)CC(C)(C)CC(C(=O)OC(C)(C)C)C(=O)OC(C)(C)C. The van der Waals surface area contributed by atoms with Gasteiger partial charge in [-0.05, 0) is 66.7 Å². The summed E-state index contributed by atoms with van der Waals surface area (Å²) in [6.07, 6.45) is 0.460. The highest BCUT2D eigenvalue weighted by Gasteiger charge is 2.43. The first-order chi connectivity index (χ1) is 11.8. The predicted octanol–water partition coefficient (Wildman–Crippen LogP) is 3.95. The molecule has 0 aliphatic heterocycles. The van der Waals surface area contributed by atoms with Crippen LogP contribution in [-0.4, -0.2) is 41.0 Å². The molecule has 0 aromatic heterocycles. The second-order valence-corrected chi connectivity index (χ2v) is 10.9. The van der Waals surface area contributed by atoms with Crippen molar-refractivity contribution in [2.45, 2.75) is 91.1 Å². The van der Waals surface area contributed by atoms with Crippen molar-refractivity contribution in [2.24, 2.45) is 11.3 Å². The summed E-state index contributed by atoms with van der Waals surface area (Å²) in [5.41, 5.74) is -2.04. The van der Waals surface area contributed by atoms with Crippen molar-refractivity contribution in [1.82, 2.24) is 0 Å². The first-order valence-electron chi connectivity index (χ1n) is 9.06. The number of methoxy groups -OCH3 is 1. The van der Waals surface area contributed by atoms with Crippen molar-refractivity contribution in [1.29, 1.82) is 0 Å². The lowest BCUT2D eigenvalue weighted by Gasteiger charge is -2.35. The molecule has 0 aromatic rings. The first kappa shape index (κ1) is 25.8. The number of ether oxygens (including phenoxy) is 3. The molecule has 7 heteroatoms. The number of hydrogen-bond donors (Lipinski definition) is 1. The molecule has 0 aromatic carbocycles. The van der Waals surface area contributed by atoms with Crippen LogP contribution in [0.4, 0.5) is 0 Å². The monoisotopic (exact) mass is 404 g/mol. The summed E-state index contributed by atoms with van der Waals surface area (Å²) in [5.74, 6) is -2.84.